The lowest BCUT2D eigenvalue weighted by Gasteiger charge is -2.26. The van der Waals surface area contributed by atoms with Crippen LogP contribution < -0.4 is 10.2 Å². The van der Waals surface area contributed by atoms with Crippen LogP contribution in [0.5, 0.6) is 0 Å². The maximum absolute atomic E-state index is 12.3. The molecule has 0 bridgehead atoms. The second-order valence-corrected chi connectivity index (χ2v) is 5.79. The molecule has 1 amide bonds. The highest BCUT2D eigenvalue weighted by atomic mass is 16.5. The first kappa shape index (κ1) is 18.2. The van der Waals surface area contributed by atoms with Gasteiger partial charge in [-0.25, -0.2) is 4.79 Å². The minimum Gasteiger partial charge on any atom is -0.478 e. The molecule has 0 saturated carbocycles. The van der Waals surface area contributed by atoms with Gasteiger partial charge in [0.2, 0.25) is 0 Å². The van der Waals surface area contributed by atoms with Crippen molar-refractivity contribution in [3.05, 3.63) is 53.3 Å². The SMILES string of the molecule is N#C/C(=C/c1ccc(N2CCOCC2)o1)C(=O)Nc1cccc(C(=O)O)c1. The number of aromatic carboxylic acids is 1. The van der Waals surface area contributed by atoms with Gasteiger partial charge in [0, 0.05) is 30.9 Å². The maximum Gasteiger partial charge on any atom is 0.335 e. The van der Waals surface area contributed by atoms with E-state index in [1.807, 2.05) is 11.0 Å². The molecule has 1 aromatic heterocycles. The summed E-state index contributed by atoms with van der Waals surface area (Å²) in [5, 5.41) is 20.8. The zero-order valence-corrected chi connectivity index (χ0v) is 14.3. The molecule has 2 heterocycles. The molecule has 0 unspecified atom stereocenters. The summed E-state index contributed by atoms with van der Waals surface area (Å²) in [6.07, 6.45) is 1.35. The zero-order chi connectivity index (χ0) is 19.2. The van der Waals surface area contributed by atoms with Gasteiger partial charge >= 0.3 is 5.97 Å². The van der Waals surface area contributed by atoms with E-state index >= 15 is 0 Å². The highest BCUT2D eigenvalue weighted by molar-refractivity contribution is 6.09. The molecular formula is C19H17N3O5. The van der Waals surface area contributed by atoms with Crippen molar-refractivity contribution in [2.45, 2.75) is 0 Å². The normalized spacial score (nSPS) is 14.5. The Morgan fingerprint density at radius 2 is 2.00 bits per heavy atom. The first-order valence-corrected chi connectivity index (χ1v) is 8.26. The predicted molar refractivity (Wildman–Crippen MR) is 97.4 cm³/mol. The highest BCUT2D eigenvalue weighted by Gasteiger charge is 2.16. The Bertz CT molecular complexity index is 919. The molecule has 0 radical (unpaired) electrons. The number of anilines is 2. The molecule has 3 rings (SSSR count). The lowest BCUT2D eigenvalue weighted by molar-refractivity contribution is -0.112. The molecule has 0 atom stereocenters. The van der Waals surface area contributed by atoms with Crippen molar-refractivity contribution >= 4 is 29.5 Å². The number of nitrogens with one attached hydrogen (secondary N) is 1. The highest BCUT2D eigenvalue weighted by Crippen LogP contribution is 2.22. The number of rotatable bonds is 5. The van der Waals surface area contributed by atoms with Gasteiger partial charge in [0.1, 0.15) is 17.4 Å². The average Bonchev–Trinajstić information content (AvgIpc) is 3.15. The lowest BCUT2D eigenvalue weighted by atomic mass is 10.2. The van der Waals surface area contributed by atoms with Gasteiger partial charge in [-0.1, -0.05) is 6.07 Å². The molecule has 138 valence electrons. The van der Waals surface area contributed by atoms with Crippen LogP contribution in [0.2, 0.25) is 0 Å². The third-order valence-electron chi connectivity index (χ3n) is 3.95. The first-order chi connectivity index (χ1) is 13.1. The summed E-state index contributed by atoms with van der Waals surface area (Å²) < 4.78 is 11.0. The summed E-state index contributed by atoms with van der Waals surface area (Å²) in [5.74, 6) is -0.725. The number of carboxylic acids is 1. The number of furan rings is 1. The van der Waals surface area contributed by atoms with Gasteiger partial charge in [0.05, 0.1) is 18.8 Å². The van der Waals surface area contributed by atoms with Crippen LogP contribution in [0, 0.1) is 11.3 Å². The molecule has 1 aliphatic heterocycles. The van der Waals surface area contributed by atoms with Crippen molar-refractivity contribution in [2.75, 3.05) is 36.5 Å². The lowest BCUT2D eigenvalue weighted by Crippen LogP contribution is -2.35. The van der Waals surface area contributed by atoms with Gasteiger partial charge in [-0.15, -0.1) is 0 Å². The van der Waals surface area contributed by atoms with E-state index in [0.29, 0.717) is 37.9 Å². The summed E-state index contributed by atoms with van der Waals surface area (Å²) in [6.45, 7) is 2.66. The van der Waals surface area contributed by atoms with Crippen LogP contribution in [0.3, 0.4) is 0 Å². The smallest absolute Gasteiger partial charge is 0.335 e. The van der Waals surface area contributed by atoms with Crippen LogP contribution in [-0.2, 0) is 9.53 Å². The second-order valence-electron chi connectivity index (χ2n) is 5.79. The fraction of sp³-hybridized carbons (Fsp3) is 0.211. The van der Waals surface area contributed by atoms with Gasteiger partial charge in [0.15, 0.2) is 5.88 Å². The molecule has 27 heavy (non-hydrogen) atoms. The van der Waals surface area contributed by atoms with Crippen molar-refractivity contribution in [3.8, 4) is 6.07 Å². The average molecular weight is 367 g/mol. The number of carbonyl (C=O) groups is 2. The minimum atomic E-state index is -1.10. The van der Waals surface area contributed by atoms with E-state index in [4.69, 9.17) is 14.3 Å². The van der Waals surface area contributed by atoms with Gasteiger partial charge < -0.3 is 24.5 Å². The van der Waals surface area contributed by atoms with Crippen LogP contribution in [0.15, 0.2) is 46.4 Å². The molecule has 8 heteroatoms. The molecule has 2 N–H and O–H groups in total. The minimum absolute atomic E-state index is 0.0384. The summed E-state index contributed by atoms with van der Waals surface area (Å²) in [5.41, 5.74) is 0.171. The predicted octanol–water partition coefficient (Wildman–Crippen LogP) is 2.36. The number of benzene rings is 1. The van der Waals surface area contributed by atoms with Crippen LogP contribution >= 0.6 is 0 Å². The van der Waals surface area contributed by atoms with Crippen molar-refractivity contribution in [1.29, 1.82) is 5.26 Å². The van der Waals surface area contributed by atoms with Crippen molar-refractivity contribution < 1.29 is 23.8 Å². The topological polar surface area (TPSA) is 116 Å². The van der Waals surface area contributed by atoms with Gasteiger partial charge in [-0.2, -0.15) is 5.26 Å². The third kappa shape index (κ3) is 4.54. The Kier molecular flexibility index (Phi) is 5.54. The number of hydrogen-bond acceptors (Lipinski definition) is 6. The monoisotopic (exact) mass is 367 g/mol. The van der Waals surface area contributed by atoms with Gasteiger partial charge in [-0.3, -0.25) is 4.79 Å². The Hall–Kier alpha value is -3.57. The number of nitriles is 1. The zero-order valence-electron chi connectivity index (χ0n) is 14.3. The van der Waals surface area contributed by atoms with Crippen molar-refractivity contribution in [2.24, 2.45) is 0 Å². The number of carbonyl (C=O) groups excluding carboxylic acids is 1. The summed E-state index contributed by atoms with van der Waals surface area (Å²) in [7, 11) is 0. The van der Waals surface area contributed by atoms with Crippen LogP contribution in [0.4, 0.5) is 11.6 Å². The van der Waals surface area contributed by atoms with Crippen molar-refractivity contribution in [1.82, 2.24) is 0 Å². The number of carboxylic acid groups (broad SMARTS) is 1. The summed E-state index contributed by atoms with van der Waals surface area (Å²) in [4.78, 5) is 25.3. The Morgan fingerprint density at radius 3 is 2.70 bits per heavy atom. The van der Waals surface area contributed by atoms with E-state index in [1.165, 1.54) is 24.3 Å². The van der Waals surface area contributed by atoms with Crippen molar-refractivity contribution in [3.63, 3.8) is 0 Å². The quantitative estimate of drug-likeness (QED) is 0.615. The van der Waals surface area contributed by atoms with Crippen LogP contribution in [-0.4, -0.2) is 43.3 Å². The van der Waals surface area contributed by atoms with E-state index < -0.39 is 11.9 Å². The van der Waals surface area contributed by atoms with Crippen LogP contribution in [0.25, 0.3) is 6.08 Å². The number of hydrogen-bond donors (Lipinski definition) is 2. The molecule has 0 spiro atoms. The molecule has 1 saturated heterocycles. The van der Waals surface area contributed by atoms with Crippen LogP contribution in [0.1, 0.15) is 16.1 Å². The van der Waals surface area contributed by atoms with E-state index in [1.54, 1.807) is 18.2 Å². The molecule has 8 nitrogen and oxygen atoms in total. The number of morpholine rings is 1. The fourth-order valence-electron chi connectivity index (χ4n) is 2.59. The third-order valence-corrected chi connectivity index (χ3v) is 3.95. The van der Waals surface area contributed by atoms with Gasteiger partial charge in [-0.05, 0) is 24.3 Å². The van der Waals surface area contributed by atoms with Gasteiger partial charge in [0.25, 0.3) is 5.91 Å². The molecule has 0 aliphatic carbocycles. The Morgan fingerprint density at radius 1 is 1.22 bits per heavy atom. The number of nitrogens with zero attached hydrogens (tertiary/aromatic N) is 2. The van der Waals surface area contributed by atoms with E-state index in [2.05, 4.69) is 5.32 Å². The number of ether oxygens (including phenoxy) is 1. The summed E-state index contributed by atoms with van der Waals surface area (Å²) in [6, 6.07) is 11.1. The Labute approximate surface area is 155 Å². The van der Waals surface area contributed by atoms with E-state index in [9.17, 15) is 14.9 Å². The fourth-order valence-corrected chi connectivity index (χ4v) is 2.59. The van der Waals surface area contributed by atoms with E-state index in [-0.39, 0.29) is 16.8 Å². The molecule has 1 aromatic carbocycles. The second kappa shape index (κ2) is 8.21. The summed E-state index contributed by atoms with van der Waals surface area (Å²) >= 11 is 0. The first-order valence-electron chi connectivity index (χ1n) is 8.26. The number of amides is 1. The standard InChI is InChI=1S/C19H17N3O5/c20-12-14(18(23)21-15-3-1-2-13(10-15)19(24)25)11-16-4-5-17(27-16)22-6-8-26-9-7-22/h1-5,10-11H,6-9H2,(H,21,23)(H,24,25)/b14-11-. The largest absolute Gasteiger partial charge is 0.478 e. The molecule has 1 aliphatic rings. The molecule has 1 fully saturated rings. The van der Waals surface area contributed by atoms with E-state index in [0.717, 1.165) is 0 Å². The molecule has 2 aromatic rings. The maximum atomic E-state index is 12.3. The molecular weight excluding hydrogens is 350 g/mol. The Balaban J connectivity index is 1.73.